The van der Waals surface area contributed by atoms with Gasteiger partial charge in [0.1, 0.15) is 0 Å². The molecular weight excluding hydrogens is 327 g/mol. The molecule has 1 saturated heterocycles. The zero-order valence-corrected chi connectivity index (χ0v) is 13.8. The summed E-state index contributed by atoms with van der Waals surface area (Å²) in [5, 5.41) is 9.96. The summed E-state index contributed by atoms with van der Waals surface area (Å²) < 4.78 is 1.09. The van der Waals surface area contributed by atoms with Gasteiger partial charge in [-0.3, -0.25) is 4.81 Å². The van der Waals surface area contributed by atoms with Crippen molar-refractivity contribution < 1.29 is 5.02 Å². The molecule has 21 heavy (non-hydrogen) atoms. The number of hydrogen-bond acceptors (Lipinski definition) is 3. The molecule has 0 bridgehead atoms. The lowest BCUT2D eigenvalue weighted by atomic mass is 9.80. The third kappa shape index (κ3) is 2.75. The molecule has 1 fully saturated rings. The van der Waals surface area contributed by atoms with E-state index in [1.54, 1.807) is 6.82 Å². The lowest BCUT2D eigenvalue weighted by molar-refractivity contribution is 0.261. The van der Waals surface area contributed by atoms with E-state index in [0.717, 1.165) is 30.3 Å². The zero-order chi connectivity index (χ0) is 15.0. The van der Waals surface area contributed by atoms with E-state index in [0.29, 0.717) is 0 Å². The summed E-state index contributed by atoms with van der Waals surface area (Å²) in [6.45, 7) is 2.66. The van der Waals surface area contributed by atoms with Gasteiger partial charge >= 0.3 is 7.05 Å². The van der Waals surface area contributed by atoms with Gasteiger partial charge in [0.25, 0.3) is 0 Å². The molecule has 0 amide bonds. The molecule has 1 aromatic carbocycles. The Morgan fingerprint density at radius 2 is 2.00 bits per heavy atom. The molecule has 3 rings (SSSR count). The minimum absolute atomic E-state index is 0.498. The van der Waals surface area contributed by atoms with E-state index in [1.165, 1.54) is 16.7 Å². The molecule has 1 atom stereocenters. The molecule has 0 aromatic heterocycles. The van der Waals surface area contributed by atoms with Crippen LogP contribution in [0.25, 0.3) is 5.57 Å². The lowest BCUT2D eigenvalue weighted by Gasteiger charge is -2.37. The maximum atomic E-state index is 9.96. The molecule has 1 aliphatic carbocycles. The highest BCUT2D eigenvalue weighted by Gasteiger charge is 2.44. The standard InChI is InChI=1S/C16H20BBrN2O/c1-17(21)20-10-2-9-16(20,19)14-6-3-13(11-14)12-4-7-15(18)8-5-12/h3-8,21H,2,9-11,19H2,1H3/t16-/m0/s1. The van der Waals surface area contributed by atoms with Gasteiger partial charge in [0.2, 0.25) is 0 Å². The first kappa shape index (κ1) is 15.0. The Kier molecular flexibility index (Phi) is 4.10. The van der Waals surface area contributed by atoms with Crippen LogP contribution in [0.15, 0.2) is 46.5 Å². The fraction of sp³-hybridized carbons (Fsp3) is 0.375. The van der Waals surface area contributed by atoms with Gasteiger partial charge in [-0.1, -0.05) is 40.2 Å². The summed E-state index contributed by atoms with van der Waals surface area (Å²) >= 11 is 3.47. The van der Waals surface area contributed by atoms with Crippen molar-refractivity contribution in [1.82, 2.24) is 4.81 Å². The summed E-state index contributed by atoms with van der Waals surface area (Å²) in [6, 6.07) is 8.36. The largest absolute Gasteiger partial charge is 0.437 e. The number of allylic oxidation sites excluding steroid dienone is 3. The van der Waals surface area contributed by atoms with Crippen molar-refractivity contribution >= 4 is 28.6 Å². The van der Waals surface area contributed by atoms with Gasteiger partial charge in [0, 0.05) is 4.47 Å². The normalized spacial score (nSPS) is 25.9. The van der Waals surface area contributed by atoms with Crippen LogP contribution < -0.4 is 5.73 Å². The number of halogens is 1. The number of benzene rings is 1. The Labute approximate surface area is 134 Å². The fourth-order valence-electron chi connectivity index (χ4n) is 3.41. The van der Waals surface area contributed by atoms with E-state index in [1.807, 2.05) is 4.81 Å². The summed E-state index contributed by atoms with van der Waals surface area (Å²) in [6.07, 6.45) is 7.10. The molecule has 5 heteroatoms. The van der Waals surface area contributed by atoms with Gasteiger partial charge in [0.05, 0.1) is 5.66 Å². The molecule has 2 aliphatic rings. The highest BCUT2D eigenvalue weighted by molar-refractivity contribution is 9.10. The second-order valence-electron chi connectivity index (χ2n) is 5.92. The van der Waals surface area contributed by atoms with E-state index < -0.39 is 12.7 Å². The predicted octanol–water partition coefficient (Wildman–Crippen LogP) is 3.02. The van der Waals surface area contributed by atoms with Gasteiger partial charge in [-0.25, -0.2) is 0 Å². The SMILES string of the molecule is CB(O)N1CCC[C@@]1(N)C1=CC=C(c2ccc(Br)cc2)C1. The molecule has 1 aliphatic heterocycles. The molecular formula is C16H20BBrN2O. The van der Waals surface area contributed by atoms with Crippen molar-refractivity contribution in [2.75, 3.05) is 6.54 Å². The molecule has 0 saturated carbocycles. The number of rotatable bonds is 3. The van der Waals surface area contributed by atoms with Crippen molar-refractivity contribution in [3.63, 3.8) is 0 Å². The number of nitrogens with zero attached hydrogens (tertiary/aromatic N) is 1. The van der Waals surface area contributed by atoms with Crippen LogP contribution in [-0.4, -0.2) is 29.1 Å². The van der Waals surface area contributed by atoms with Gasteiger partial charge in [0.15, 0.2) is 0 Å². The Balaban J connectivity index is 1.78. The second kappa shape index (κ2) is 5.73. The molecule has 110 valence electrons. The first-order valence-corrected chi connectivity index (χ1v) is 8.20. The average Bonchev–Trinajstić information content (AvgIpc) is 3.07. The molecule has 0 spiro atoms. The minimum atomic E-state index is -0.505. The molecule has 0 unspecified atom stereocenters. The maximum absolute atomic E-state index is 9.96. The molecule has 3 N–H and O–H groups in total. The van der Waals surface area contributed by atoms with E-state index in [9.17, 15) is 5.02 Å². The second-order valence-corrected chi connectivity index (χ2v) is 6.84. The molecule has 1 aromatic rings. The smallest absolute Gasteiger partial charge is 0.378 e. The molecule has 0 radical (unpaired) electrons. The number of nitrogens with two attached hydrogens (primary N) is 1. The quantitative estimate of drug-likeness (QED) is 0.827. The minimum Gasteiger partial charge on any atom is -0.437 e. The summed E-state index contributed by atoms with van der Waals surface area (Å²) in [5.41, 5.74) is 9.86. The summed E-state index contributed by atoms with van der Waals surface area (Å²) in [7, 11) is -0.505. The Morgan fingerprint density at radius 1 is 1.29 bits per heavy atom. The number of hydrogen-bond donors (Lipinski definition) is 2. The monoisotopic (exact) mass is 346 g/mol. The van der Waals surface area contributed by atoms with Crippen LogP contribution in [0.5, 0.6) is 0 Å². The van der Waals surface area contributed by atoms with E-state index in [4.69, 9.17) is 5.73 Å². The van der Waals surface area contributed by atoms with Gasteiger partial charge in [-0.15, -0.1) is 0 Å². The van der Waals surface area contributed by atoms with Crippen molar-refractivity contribution in [2.24, 2.45) is 5.73 Å². The lowest BCUT2D eigenvalue weighted by Crippen LogP contribution is -2.58. The van der Waals surface area contributed by atoms with Crippen molar-refractivity contribution in [3.05, 3.63) is 52.0 Å². The average molecular weight is 347 g/mol. The molecule has 1 heterocycles. The Morgan fingerprint density at radius 3 is 2.67 bits per heavy atom. The van der Waals surface area contributed by atoms with Crippen LogP contribution >= 0.6 is 15.9 Å². The Bertz CT molecular complexity index is 597. The van der Waals surface area contributed by atoms with Gasteiger partial charge in [-0.05, 0) is 61.5 Å². The van der Waals surface area contributed by atoms with Gasteiger partial charge in [-0.2, -0.15) is 0 Å². The van der Waals surface area contributed by atoms with E-state index >= 15 is 0 Å². The summed E-state index contributed by atoms with van der Waals surface area (Å²) in [4.78, 5) is 2.01. The first-order valence-electron chi connectivity index (χ1n) is 7.40. The Hall–Kier alpha value is -0.875. The summed E-state index contributed by atoms with van der Waals surface area (Å²) in [5.74, 6) is 0. The highest BCUT2D eigenvalue weighted by Crippen LogP contribution is 2.40. The van der Waals surface area contributed by atoms with Crippen LogP contribution in [0.2, 0.25) is 6.82 Å². The first-order chi connectivity index (χ1) is 10.0. The van der Waals surface area contributed by atoms with Crippen LogP contribution in [0, 0.1) is 0 Å². The topological polar surface area (TPSA) is 49.5 Å². The van der Waals surface area contributed by atoms with Gasteiger partial charge < -0.3 is 10.8 Å². The van der Waals surface area contributed by atoms with Crippen LogP contribution in [0.1, 0.15) is 24.8 Å². The van der Waals surface area contributed by atoms with Crippen molar-refractivity contribution in [2.45, 2.75) is 31.7 Å². The third-order valence-corrected chi connectivity index (χ3v) is 5.09. The van der Waals surface area contributed by atoms with E-state index in [2.05, 4.69) is 52.3 Å². The van der Waals surface area contributed by atoms with Crippen molar-refractivity contribution in [3.8, 4) is 0 Å². The van der Waals surface area contributed by atoms with Crippen molar-refractivity contribution in [1.29, 1.82) is 0 Å². The van der Waals surface area contributed by atoms with Crippen LogP contribution in [-0.2, 0) is 0 Å². The van der Waals surface area contributed by atoms with Crippen LogP contribution in [0.3, 0.4) is 0 Å². The van der Waals surface area contributed by atoms with E-state index in [-0.39, 0.29) is 0 Å². The molecule has 3 nitrogen and oxygen atoms in total. The zero-order valence-electron chi connectivity index (χ0n) is 12.2. The third-order valence-electron chi connectivity index (χ3n) is 4.56. The van der Waals surface area contributed by atoms with Crippen LogP contribution in [0.4, 0.5) is 0 Å². The maximum Gasteiger partial charge on any atom is 0.378 e. The predicted molar refractivity (Wildman–Crippen MR) is 91.5 cm³/mol. The highest BCUT2D eigenvalue weighted by atomic mass is 79.9. The fourth-order valence-corrected chi connectivity index (χ4v) is 3.68.